The van der Waals surface area contributed by atoms with Crippen LogP contribution in [0.3, 0.4) is 0 Å². The van der Waals surface area contributed by atoms with Crippen LogP contribution in [0.25, 0.3) is 10.9 Å². The van der Waals surface area contributed by atoms with E-state index in [1.165, 1.54) is 0 Å². The molecule has 1 unspecified atom stereocenters. The summed E-state index contributed by atoms with van der Waals surface area (Å²) in [6, 6.07) is 16.6. The monoisotopic (exact) mass is 448 g/mol. The van der Waals surface area contributed by atoms with Gasteiger partial charge in [0.1, 0.15) is 12.4 Å². The summed E-state index contributed by atoms with van der Waals surface area (Å²) in [6.45, 7) is 3.58. The first-order valence-electron chi connectivity index (χ1n) is 11.0. The number of aryl methyl sites for hydroxylation is 1. The van der Waals surface area contributed by atoms with Gasteiger partial charge >= 0.3 is 0 Å². The quantitative estimate of drug-likeness (QED) is 0.396. The lowest BCUT2D eigenvalue weighted by molar-refractivity contribution is -0.135. The first-order valence-corrected chi connectivity index (χ1v) is 11.0. The molecule has 3 aromatic rings. The molecule has 172 valence electrons. The second-order valence-electron chi connectivity index (χ2n) is 8.47. The molecule has 4 rings (SSSR count). The van der Waals surface area contributed by atoms with Crippen molar-refractivity contribution in [1.82, 2.24) is 20.7 Å². The minimum atomic E-state index is -0.515. The molecule has 1 aliphatic heterocycles. The predicted molar refractivity (Wildman–Crippen MR) is 124 cm³/mol. The van der Waals surface area contributed by atoms with Crippen molar-refractivity contribution in [3.8, 4) is 5.75 Å². The van der Waals surface area contributed by atoms with Crippen LogP contribution in [0.4, 0.5) is 0 Å². The summed E-state index contributed by atoms with van der Waals surface area (Å²) in [4.78, 5) is 31.3. The van der Waals surface area contributed by atoms with Crippen molar-refractivity contribution in [2.75, 3.05) is 20.1 Å². The van der Waals surface area contributed by atoms with E-state index in [2.05, 4.69) is 10.3 Å². The number of nitrogens with zero attached hydrogens (tertiary/aromatic N) is 2. The summed E-state index contributed by atoms with van der Waals surface area (Å²) in [7, 11) is 1.91. The van der Waals surface area contributed by atoms with Crippen LogP contribution in [0.1, 0.15) is 28.0 Å². The van der Waals surface area contributed by atoms with Crippen molar-refractivity contribution in [2.45, 2.75) is 26.0 Å². The highest BCUT2D eigenvalue weighted by atomic mass is 16.5. The van der Waals surface area contributed by atoms with Gasteiger partial charge in [-0.3, -0.25) is 19.8 Å². The number of aromatic nitrogens is 1. The van der Waals surface area contributed by atoms with Gasteiger partial charge in [-0.2, -0.15) is 0 Å². The molecular weight excluding hydrogens is 420 g/mol. The van der Waals surface area contributed by atoms with Crippen LogP contribution in [-0.4, -0.2) is 53.1 Å². The molecule has 2 heterocycles. The highest BCUT2D eigenvalue weighted by molar-refractivity contribution is 5.95. The van der Waals surface area contributed by atoms with Gasteiger partial charge in [-0.25, -0.2) is 5.48 Å². The normalized spacial score (nSPS) is 18.6. The average molecular weight is 449 g/mol. The summed E-state index contributed by atoms with van der Waals surface area (Å²) in [5, 5.41) is 13.0. The van der Waals surface area contributed by atoms with Crippen molar-refractivity contribution in [1.29, 1.82) is 0 Å². The number of carbonyl (C=O) groups is 2. The van der Waals surface area contributed by atoms with Crippen molar-refractivity contribution < 1.29 is 19.5 Å². The lowest BCUT2D eigenvalue weighted by Crippen LogP contribution is -2.54. The minimum Gasteiger partial charge on any atom is -0.489 e. The number of piperidine rings is 1. The molecule has 1 fully saturated rings. The van der Waals surface area contributed by atoms with E-state index < -0.39 is 11.8 Å². The summed E-state index contributed by atoms with van der Waals surface area (Å²) >= 11 is 0. The number of para-hydroxylation sites is 1. The molecule has 1 aliphatic rings. The molecule has 33 heavy (non-hydrogen) atoms. The average Bonchev–Trinajstić information content (AvgIpc) is 2.83. The van der Waals surface area contributed by atoms with E-state index in [0.29, 0.717) is 30.9 Å². The highest BCUT2D eigenvalue weighted by Crippen LogP contribution is 2.22. The van der Waals surface area contributed by atoms with Crippen LogP contribution >= 0.6 is 0 Å². The van der Waals surface area contributed by atoms with Crippen LogP contribution < -0.4 is 15.5 Å². The first kappa shape index (κ1) is 22.7. The van der Waals surface area contributed by atoms with Gasteiger partial charge < -0.3 is 15.0 Å². The first-order chi connectivity index (χ1) is 15.9. The van der Waals surface area contributed by atoms with Gasteiger partial charge in [0, 0.05) is 34.8 Å². The number of hydroxylamine groups is 1. The van der Waals surface area contributed by atoms with Gasteiger partial charge in [0.05, 0.1) is 11.4 Å². The van der Waals surface area contributed by atoms with Gasteiger partial charge in [0.15, 0.2) is 0 Å². The lowest BCUT2D eigenvalue weighted by atomic mass is 9.91. The maximum absolute atomic E-state index is 12.8. The zero-order valence-corrected chi connectivity index (χ0v) is 18.7. The van der Waals surface area contributed by atoms with E-state index in [9.17, 15) is 9.59 Å². The third kappa shape index (κ3) is 5.30. The van der Waals surface area contributed by atoms with Gasteiger partial charge in [0.2, 0.25) is 5.91 Å². The van der Waals surface area contributed by atoms with Crippen molar-refractivity contribution in [2.24, 2.45) is 5.92 Å². The number of amides is 2. The summed E-state index contributed by atoms with van der Waals surface area (Å²) in [5.41, 5.74) is 5.11. The highest BCUT2D eigenvalue weighted by Gasteiger charge is 2.34. The molecule has 3 N–H and O–H groups in total. The van der Waals surface area contributed by atoms with Gasteiger partial charge in [0.25, 0.3) is 5.91 Å². The Hall–Kier alpha value is -3.49. The number of hydrogen-bond acceptors (Lipinski definition) is 6. The zero-order chi connectivity index (χ0) is 23.4. The Morgan fingerprint density at radius 2 is 1.94 bits per heavy atom. The molecule has 1 saturated heterocycles. The molecule has 2 amide bonds. The number of fused-ring (bicyclic) bond motifs is 1. The third-order valence-electron chi connectivity index (χ3n) is 6.02. The summed E-state index contributed by atoms with van der Waals surface area (Å²) in [6.07, 6.45) is 0.626. The van der Waals surface area contributed by atoms with Gasteiger partial charge in [-0.1, -0.05) is 18.2 Å². The van der Waals surface area contributed by atoms with Crippen LogP contribution in [0, 0.1) is 12.8 Å². The number of benzene rings is 2. The van der Waals surface area contributed by atoms with Gasteiger partial charge in [-0.05, 0) is 63.3 Å². The molecule has 1 aromatic heterocycles. The second-order valence-corrected chi connectivity index (χ2v) is 8.47. The Kier molecular flexibility index (Phi) is 6.86. The largest absolute Gasteiger partial charge is 0.489 e. The van der Waals surface area contributed by atoms with E-state index in [0.717, 1.165) is 28.7 Å². The molecular formula is C25H28N4O4. The molecule has 0 spiro atoms. The fourth-order valence-corrected chi connectivity index (χ4v) is 4.27. The number of nitrogens with one attached hydrogen (secondary N) is 2. The van der Waals surface area contributed by atoms with E-state index >= 15 is 0 Å². The third-order valence-corrected chi connectivity index (χ3v) is 6.02. The van der Waals surface area contributed by atoms with E-state index in [1.807, 2.05) is 49.2 Å². The van der Waals surface area contributed by atoms with E-state index in [1.54, 1.807) is 29.7 Å². The molecule has 0 saturated carbocycles. The van der Waals surface area contributed by atoms with E-state index in [4.69, 9.17) is 9.94 Å². The number of pyridine rings is 1. The smallest absolute Gasteiger partial charge is 0.251 e. The Morgan fingerprint density at radius 3 is 2.70 bits per heavy atom. The Morgan fingerprint density at radius 1 is 1.18 bits per heavy atom. The van der Waals surface area contributed by atoms with Crippen molar-refractivity contribution in [3.05, 3.63) is 71.4 Å². The molecule has 0 radical (unpaired) electrons. The minimum absolute atomic E-state index is 0.261. The molecule has 2 atom stereocenters. The fourth-order valence-electron chi connectivity index (χ4n) is 4.27. The number of rotatable bonds is 6. The topological polar surface area (TPSA) is 104 Å². The number of likely N-dealkylation sites (tertiary alicyclic amines) is 1. The standard InChI is InChI=1S/C25H28N4O4/c1-16-13-18(20-5-3-4-6-22(20)26-16)15-33-19-9-7-17(8-10-19)24(30)27-23-11-12-29(2)14-21(23)25(31)28-32/h3-10,13,21,23,32H,11-12,14-15H2,1-2H3,(H,27,30)(H,28,31)/t21?,23-/m1/s1. The van der Waals surface area contributed by atoms with Crippen LogP contribution in [0.15, 0.2) is 54.6 Å². The maximum atomic E-state index is 12.8. The van der Waals surface area contributed by atoms with Crippen LogP contribution in [0.2, 0.25) is 0 Å². The van der Waals surface area contributed by atoms with Crippen molar-refractivity contribution in [3.63, 3.8) is 0 Å². The molecule has 0 aliphatic carbocycles. The maximum Gasteiger partial charge on any atom is 0.251 e. The lowest BCUT2D eigenvalue weighted by Gasteiger charge is -2.35. The Balaban J connectivity index is 1.40. The van der Waals surface area contributed by atoms with Gasteiger partial charge in [-0.15, -0.1) is 0 Å². The van der Waals surface area contributed by atoms with Crippen LogP contribution in [-0.2, 0) is 11.4 Å². The Labute approximate surface area is 192 Å². The SMILES string of the molecule is Cc1cc(COc2ccc(C(=O)N[C@@H]3CCN(C)CC3C(=O)NO)cc2)c2ccccc2n1. The molecule has 8 heteroatoms. The fraction of sp³-hybridized carbons (Fsp3) is 0.320. The number of carbonyl (C=O) groups excluding carboxylic acids is 2. The van der Waals surface area contributed by atoms with Crippen LogP contribution in [0.5, 0.6) is 5.75 Å². The Bertz CT molecular complexity index is 1150. The molecule has 0 bridgehead atoms. The number of ether oxygens (including phenoxy) is 1. The number of hydrogen-bond donors (Lipinski definition) is 3. The summed E-state index contributed by atoms with van der Waals surface area (Å²) in [5.74, 6) is -0.613. The van der Waals surface area contributed by atoms with Crippen molar-refractivity contribution >= 4 is 22.7 Å². The van der Waals surface area contributed by atoms with E-state index in [-0.39, 0.29) is 11.9 Å². The predicted octanol–water partition coefficient (Wildman–Crippen LogP) is 2.68. The molecule has 8 nitrogen and oxygen atoms in total. The molecule has 2 aromatic carbocycles. The zero-order valence-electron chi connectivity index (χ0n) is 18.7. The second kappa shape index (κ2) is 9.97. The summed E-state index contributed by atoms with van der Waals surface area (Å²) < 4.78 is 5.97.